The van der Waals surface area contributed by atoms with Crippen LogP contribution in [0.15, 0.2) is 28.8 Å². The number of nitrogens with zero attached hydrogens (tertiary/aromatic N) is 4. The fourth-order valence-corrected chi connectivity index (χ4v) is 2.76. The second kappa shape index (κ2) is 5.95. The first kappa shape index (κ1) is 14.2. The lowest BCUT2D eigenvalue weighted by atomic mass is 9.94. The zero-order chi connectivity index (χ0) is 14.8. The molecule has 2 heterocycles. The van der Waals surface area contributed by atoms with Gasteiger partial charge in [0.05, 0.1) is 6.04 Å². The van der Waals surface area contributed by atoms with Crippen LogP contribution in [0.3, 0.4) is 0 Å². The van der Waals surface area contributed by atoms with E-state index >= 15 is 0 Å². The predicted molar refractivity (Wildman–Crippen MR) is 80.9 cm³/mol. The third-order valence-electron chi connectivity index (χ3n) is 4.03. The van der Waals surface area contributed by atoms with Crippen molar-refractivity contribution in [1.82, 2.24) is 19.9 Å². The minimum Gasteiger partial charge on any atom is -0.338 e. The normalized spacial score (nSPS) is 19.0. The van der Waals surface area contributed by atoms with Crippen molar-refractivity contribution < 1.29 is 4.52 Å². The molecule has 0 unspecified atom stereocenters. The van der Waals surface area contributed by atoms with Crippen LogP contribution in [0.2, 0.25) is 0 Å². The molecule has 0 spiro atoms. The van der Waals surface area contributed by atoms with Crippen molar-refractivity contribution in [2.45, 2.75) is 25.4 Å². The van der Waals surface area contributed by atoms with Gasteiger partial charge in [0, 0.05) is 19.5 Å². The maximum Gasteiger partial charge on any atom is 0.244 e. The zero-order valence-corrected chi connectivity index (χ0v) is 12.9. The van der Waals surface area contributed by atoms with E-state index in [4.69, 9.17) is 4.52 Å². The second-order valence-electron chi connectivity index (χ2n) is 6.01. The molecule has 5 heteroatoms. The molecule has 0 radical (unpaired) electrons. The van der Waals surface area contributed by atoms with E-state index in [9.17, 15) is 0 Å². The molecule has 1 aromatic heterocycles. The van der Waals surface area contributed by atoms with Gasteiger partial charge in [0.15, 0.2) is 5.82 Å². The molecule has 0 N–H and O–H groups in total. The highest BCUT2D eigenvalue weighted by Gasteiger charge is 2.28. The first-order valence-electron chi connectivity index (χ1n) is 7.37. The first-order chi connectivity index (χ1) is 10.1. The Morgan fingerprint density at radius 3 is 2.81 bits per heavy atom. The minimum absolute atomic E-state index is 0.181. The van der Waals surface area contributed by atoms with Crippen LogP contribution >= 0.6 is 0 Å². The molecule has 0 fully saturated rings. The van der Waals surface area contributed by atoms with E-state index in [1.165, 1.54) is 11.1 Å². The summed E-state index contributed by atoms with van der Waals surface area (Å²) in [6, 6.07) is 8.76. The number of likely N-dealkylation sites (N-methyl/N-ethyl adjacent to an activating group) is 2. The Hall–Kier alpha value is -1.72. The van der Waals surface area contributed by atoms with Crippen LogP contribution < -0.4 is 0 Å². The maximum absolute atomic E-state index is 5.50. The highest BCUT2D eigenvalue weighted by Crippen LogP contribution is 2.30. The number of aromatic nitrogens is 2. The summed E-state index contributed by atoms with van der Waals surface area (Å²) in [6.07, 6.45) is 1.76. The molecule has 0 amide bonds. The third-order valence-corrected chi connectivity index (χ3v) is 4.03. The minimum atomic E-state index is 0.181. The van der Waals surface area contributed by atoms with Gasteiger partial charge in [-0.25, -0.2) is 0 Å². The van der Waals surface area contributed by atoms with Crippen molar-refractivity contribution in [3.05, 3.63) is 47.1 Å². The van der Waals surface area contributed by atoms with Gasteiger partial charge in [0.1, 0.15) is 0 Å². The highest BCUT2D eigenvalue weighted by atomic mass is 16.5. The average Bonchev–Trinajstić information content (AvgIpc) is 2.93. The Kier molecular flexibility index (Phi) is 4.03. The molecule has 0 saturated carbocycles. The molecule has 21 heavy (non-hydrogen) atoms. The van der Waals surface area contributed by atoms with E-state index in [0.29, 0.717) is 0 Å². The predicted octanol–water partition coefficient (Wildman–Crippen LogP) is 1.90. The standard InChI is InChI=1S/C16H22N4O/c1-19(2)9-8-15-17-16(21-18-15)14-10-12-6-4-5-7-13(12)11-20(14)3/h4-7,14H,8-11H2,1-3H3/t14-/m1/s1. The Labute approximate surface area is 125 Å². The van der Waals surface area contributed by atoms with E-state index in [0.717, 1.165) is 37.6 Å². The fourth-order valence-electron chi connectivity index (χ4n) is 2.76. The van der Waals surface area contributed by atoms with Gasteiger partial charge in [-0.05, 0) is 38.7 Å². The second-order valence-corrected chi connectivity index (χ2v) is 6.01. The van der Waals surface area contributed by atoms with Gasteiger partial charge in [0.25, 0.3) is 0 Å². The topological polar surface area (TPSA) is 45.4 Å². The highest BCUT2D eigenvalue weighted by molar-refractivity contribution is 5.30. The number of hydrogen-bond donors (Lipinski definition) is 0. The Morgan fingerprint density at radius 2 is 2.05 bits per heavy atom. The SMILES string of the molecule is CN(C)CCc1noc([C@H]2Cc3ccccc3CN2C)n1. The lowest BCUT2D eigenvalue weighted by molar-refractivity contribution is 0.173. The summed E-state index contributed by atoms with van der Waals surface area (Å²) < 4.78 is 5.50. The van der Waals surface area contributed by atoms with E-state index in [1.54, 1.807) is 0 Å². The molecule has 5 nitrogen and oxygen atoms in total. The summed E-state index contributed by atoms with van der Waals surface area (Å²) in [5.41, 5.74) is 2.78. The van der Waals surface area contributed by atoms with Crippen LogP contribution in [-0.2, 0) is 19.4 Å². The van der Waals surface area contributed by atoms with Gasteiger partial charge in [-0.15, -0.1) is 0 Å². The monoisotopic (exact) mass is 286 g/mol. The largest absolute Gasteiger partial charge is 0.338 e. The smallest absolute Gasteiger partial charge is 0.244 e. The molecular weight excluding hydrogens is 264 g/mol. The van der Waals surface area contributed by atoms with E-state index in [2.05, 4.69) is 51.3 Å². The van der Waals surface area contributed by atoms with Crippen LogP contribution in [0, 0.1) is 0 Å². The molecule has 0 saturated heterocycles. The molecule has 1 atom stereocenters. The van der Waals surface area contributed by atoms with E-state index in [-0.39, 0.29) is 6.04 Å². The van der Waals surface area contributed by atoms with E-state index < -0.39 is 0 Å². The van der Waals surface area contributed by atoms with Crippen LogP contribution in [0.1, 0.15) is 28.9 Å². The molecular formula is C16H22N4O. The molecule has 3 rings (SSSR count). The van der Waals surface area contributed by atoms with Crippen LogP contribution in [-0.4, -0.2) is 47.6 Å². The quantitative estimate of drug-likeness (QED) is 0.859. The van der Waals surface area contributed by atoms with Crippen molar-refractivity contribution in [1.29, 1.82) is 0 Å². The fraction of sp³-hybridized carbons (Fsp3) is 0.500. The van der Waals surface area contributed by atoms with Crippen molar-refractivity contribution in [2.24, 2.45) is 0 Å². The Morgan fingerprint density at radius 1 is 1.29 bits per heavy atom. The summed E-state index contributed by atoms with van der Waals surface area (Å²) in [7, 11) is 6.21. The summed E-state index contributed by atoms with van der Waals surface area (Å²) in [6.45, 7) is 1.86. The molecule has 1 aromatic carbocycles. The number of hydrogen-bond acceptors (Lipinski definition) is 5. The Balaban J connectivity index is 1.75. The molecule has 2 aromatic rings. The van der Waals surface area contributed by atoms with Gasteiger partial charge in [-0.3, -0.25) is 4.90 Å². The summed E-state index contributed by atoms with van der Waals surface area (Å²) >= 11 is 0. The average molecular weight is 286 g/mol. The number of benzene rings is 1. The summed E-state index contributed by atoms with van der Waals surface area (Å²) in [5.74, 6) is 1.53. The van der Waals surface area contributed by atoms with Gasteiger partial charge in [-0.1, -0.05) is 29.4 Å². The maximum atomic E-state index is 5.50. The van der Waals surface area contributed by atoms with Gasteiger partial charge < -0.3 is 9.42 Å². The molecule has 0 aliphatic carbocycles. The molecule has 1 aliphatic rings. The Bertz CT molecular complexity index is 608. The van der Waals surface area contributed by atoms with Gasteiger partial charge in [-0.2, -0.15) is 4.98 Å². The first-order valence-corrected chi connectivity index (χ1v) is 7.37. The lowest BCUT2D eigenvalue weighted by Gasteiger charge is -2.31. The zero-order valence-electron chi connectivity index (χ0n) is 12.9. The summed E-state index contributed by atoms with van der Waals surface area (Å²) in [5, 5.41) is 4.11. The summed E-state index contributed by atoms with van der Waals surface area (Å²) in [4.78, 5) is 8.99. The number of fused-ring (bicyclic) bond motifs is 1. The van der Waals surface area contributed by atoms with Crippen LogP contribution in [0.5, 0.6) is 0 Å². The molecule has 0 bridgehead atoms. The van der Waals surface area contributed by atoms with Crippen LogP contribution in [0.25, 0.3) is 0 Å². The van der Waals surface area contributed by atoms with Crippen LogP contribution in [0.4, 0.5) is 0 Å². The number of rotatable bonds is 4. The van der Waals surface area contributed by atoms with Crippen molar-refractivity contribution in [3.8, 4) is 0 Å². The third kappa shape index (κ3) is 3.14. The van der Waals surface area contributed by atoms with E-state index in [1.807, 2.05) is 14.1 Å². The van der Waals surface area contributed by atoms with Crippen molar-refractivity contribution in [2.75, 3.05) is 27.7 Å². The van der Waals surface area contributed by atoms with Gasteiger partial charge >= 0.3 is 0 Å². The molecule has 112 valence electrons. The van der Waals surface area contributed by atoms with Crippen molar-refractivity contribution >= 4 is 0 Å². The lowest BCUT2D eigenvalue weighted by Crippen LogP contribution is -2.31. The molecule has 1 aliphatic heterocycles. The van der Waals surface area contributed by atoms with Crippen molar-refractivity contribution in [3.63, 3.8) is 0 Å². The van der Waals surface area contributed by atoms with Gasteiger partial charge in [0.2, 0.25) is 5.89 Å².